The fourth-order valence-electron chi connectivity index (χ4n) is 2.10. The Kier molecular flexibility index (Phi) is 9.73. The molecule has 0 aromatic carbocycles. The highest BCUT2D eigenvalue weighted by atomic mass is 16.4. The van der Waals surface area contributed by atoms with Crippen LogP contribution in [-0.4, -0.2) is 53.5 Å². The fourth-order valence-corrected chi connectivity index (χ4v) is 2.10. The lowest BCUT2D eigenvalue weighted by atomic mass is 9.96. The van der Waals surface area contributed by atoms with Crippen molar-refractivity contribution in [3.63, 3.8) is 0 Å². The number of nitrogens with one attached hydrogen (secondary N) is 3. The van der Waals surface area contributed by atoms with Gasteiger partial charge in [-0.2, -0.15) is 0 Å². The summed E-state index contributed by atoms with van der Waals surface area (Å²) in [6, 6.07) is -2.82. The molecule has 0 bridgehead atoms. The van der Waals surface area contributed by atoms with Crippen molar-refractivity contribution in [1.29, 1.82) is 0 Å². The monoisotopic (exact) mass is 358 g/mol. The summed E-state index contributed by atoms with van der Waals surface area (Å²) >= 11 is 0. The Hall–Kier alpha value is -2.16. The molecule has 0 aliphatic carbocycles. The summed E-state index contributed by atoms with van der Waals surface area (Å²) in [5, 5.41) is 16.7. The predicted octanol–water partition coefficient (Wildman–Crippen LogP) is -0.794. The van der Waals surface area contributed by atoms with Crippen LogP contribution >= 0.6 is 0 Å². The van der Waals surface area contributed by atoms with Crippen molar-refractivity contribution in [2.45, 2.75) is 59.2 Å². The zero-order chi connectivity index (χ0) is 19.7. The highest BCUT2D eigenvalue weighted by Crippen LogP contribution is 2.10. The van der Waals surface area contributed by atoms with Crippen molar-refractivity contribution in [2.24, 2.45) is 17.6 Å². The summed E-state index contributed by atoms with van der Waals surface area (Å²) in [7, 11) is 0. The van der Waals surface area contributed by atoms with E-state index in [9.17, 15) is 24.3 Å². The van der Waals surface area contributed by atoms with Gasteiger partial charge < -0.3 is 26.8 Å². The van der Waals surface area contributed by atoms with E-state index in [2.05, 4.69) is 16.0 Å². The van der Waals surface area contributed by atoms with E-state index in [0.29, 0.717) is 6.42 Å². The van der Waals surface area contributed by atoms with Gasteiger partial charge in [0.2, 0.25) is 17.7 Å². The first kappa shape index (κ1) is 22.8. The zero-order valence-corrected chi connectivity index (χ0v) is 15.5. The van der Waals surface area contributed by atoms with Crippen molar-refractivity contribution in [2.75, 3.05) is 6.54 Å². The van der Waals surface area contributed by atoms with Crippen molar-refractivity contribution >= 4 is 23.7 Å². The molecule has 0 aromatic heterocycles. The number of rotatable bonds is 10. The molecule has 0 aliphatic heterocycles. The summed E-state index contributed by atoms with van der Waals surface area (Å²) in [5.74, 6) is -3.26. The van der Waals surface area contributed by atoms with Gasteiger partial charge in [0.1, 0.15) is 18.1 Å². The molecule has 0 saturated heterocycles. The molecule has 0 saturated carbocycles. The fraction of sp³-hybridized carbons (Fsp3) is 0.750. The van der Waals surface area contributed by atoms with Gasteiger partial charge in [-0.25, -0.2) is 4.79 Å². The van der Waals surface area contributed by atoms with Gasteiger partial charge in [-0.1, -0.05) is 34.1 Å². The van der Waals surface area contributed by atoms with Gasteiger partial charge in [-0.05, 0) is 18.8 Å². The van der Waals surface area contributed by atoms with Crippen molar-refractivity contribution < 1.29 is 24.3 Å². The van der Waals surface area contributed by atoms with Crippen LogP contribution < -0.4 is 21.7 Å². The molecule has 25 heavy (non-hydrogen) atoms. The number of hydrogen-bond donors (Lipinski definition) is 5. The second kappa shape index (κ2) is 10.7. The third kappa shape index (κ3) is 7.51. The van der Waals surface area contributed by atoms with E-state index >= 15 is 0 Å². The van der Waals surface area contributed by atoms with Gasteiger partial charge in [0.15, 0.2) is 0 Å². The molecule has 4 atom stereocenters. The molecule has 6 N–H and O–H groups in total. The molecule has 9 heteroatoms. The summed E-state index contributed by atoms with van der Waals surface area (Å²) in [4.78, 5) is 47.3. The molecule has 144 valence electrons. The van der Waals surface area contributed by atoms with Gasteiger partial charge in [0.25, 0.3) is 0 Å². The Labute approximate surface area is 148 Å². The first-order valence-electron chi connectivity index (χ1n) is 8.38. The highest BCUT2D eigenvalue weighted by Gasteiger charge is 2.32. The first-order valence-corrected chi connectivity index (χ1v) is 8.38. The van der Waals surface area contributed by atoms with Crippen molar-refractivity contribution in [3.05, 3.63) is 0 Å². The maximum absolute atomic E-state index is 12.5. The molecule has 0 aromatic rings. The summed E-state index contributed by atoms with van der Waals surface area (Å²) in [5.41, 5.74) is 5.19. The van der Waals surface area contributed by atoms with E-state index in [0.717, 1.165) is 0 Å². The molecule has 0 rings (SSSR count). The van der Waals surface area contributed by atoms with Gasteiger partial charge in [0.05, 0.1) is 6.54 Å². The lowest BCUT2D eigenvalue weighted by molar-refractivity contribution is -0.144. The number of carbonyl (C=O) groups is 4. The number of carboxylic acids is 1. The van der Waals surface area contributed by atoms with E-state index in [1.807, 2.05) is 6.92 Å². The molecular formula is C16H30N4O5. The molecule has 4 unspecified atom stereocenters. The largest absolute Gasteiger partial charge is 0.480 e. The van der Waals surface area contributed by atoms with Crippen LogP contribution in [0.4, 0.5) is 0 Å². The molecule has 0 radical (unpaired) electrons. The maximum Gasteiger partial charge on any atom is 0.326 e. The molecule has 9 nitrogen and oxygen atoms in total. The molecule has 0 aliphatic rings. The van der Waals surface area contributed by atoms with Crippen LogP contribution in [0, 0.1) is 11.8 Å². The van der Waals surface area contributed by atoms with Crippen LogP contribution in [0.25, 0.3) is 0 Å². The molecule has 0 fully saturated rings. The number of carbonyl (C=O) groups excluding carboxylic acids is 3. The van der Waals surface area contributed by atoms with E-state index in [1.54, 1.807) is 20.8 Å². The Morgan fingerprint density at radius 3 is 1.84 bits per heavy atom. The average Bonchev–Trinajstić information content (AvgIpc) is 2.55. The number of nitrogens with two attached hydrogens (primary N) is 1. The van der Waals surface area contributed by atoms with Gasteiger partial charge in [0, 0.05) is 0 Å². The topological polar surface area (TPSA) is 151 Å². The molecule has 0 spiro atoms. The van der Waals surface area contributed by atoms with Crippen LogP contribution in [-0.2, 0) is 19.2 Å². The van der Waals surface area contributed by atoms with Gasteiger partial charge in [-0.3, -0.25) is 14.4 Å². The van der Waals surface area contributed by atoms with Crippen LogP contribution in [0.5, 0.6) is 0 Å². The van der Waals surface area contributed by atoms with E-state index < -0.39 is 41.8 Å². The second-order valence-electron chi connectivity index (χ2n) is 6.43. The lowest BCUT2D eigenvalue weighted by Crippen LogP contribution is -2.58. The van der Waals surface area contributed by atoms with E-state index in [1.165, 1.54) is 6.92 Å². The third-order valence-electron chi connectivity index (χ3n) is 3.98. The Balaban J connectivity index is 5.12. The predicted molar refractivity (Wildman–Crippen MR) is 92.4 cm³/mol. The smallest absolute Gasteiger partial charge is 0.326 e. The Morgan fingerprint density at radius 1 is 0.920 bits per heavy atom. The summed E-state index contributed by atoms with van der Waals surface area (Å²) in [6.07, 6.45) is 0.599. The number of aliphatic carboxylic acids is 1. The van der Waals surface area contributed by atoms with Crippen LogP contribution in [0.1, 0.15) is 41.0 Å². The zero-order valence-electron chi connectivity index (χ0n) is 15.5. The number of carboxylic acid groups (broad SMARTS) is 1. The third-order valence-corrected chi connectivity index (χ3v) is 3.98. The Bertz CT molecular complexity index is 495. The minimum absolute atomic E-state index is 0.219. The highest BCUT2D eigenvalue weighted by molar-refractivity contribution is 5.93. The van der Waals surface area contributed by atoms with Crippen LogP contribution in [0.15, 0.2) is 0 Å². The standard InChI is InChI=1S/C16H30N4O5/c1-6-9(4)13(15(23)19-12(8(2)3)16(24)25)20-14(22)10(5)18-11(21)7-17/h8-10,12-13H,6-7,17H2,1-5H3,(H,18,21)(H,19,23)(H,20,22)(H,24,25). The van der Waals surface area contributed by atoms with Gasteiger partial charge in [-0.15, -0.1) is 0 Å². The van der Waals surface area contributed by atoms with Crippen molar-refractivity contribution in [3.8, 4) is 0 Å². The van der Waals surface area contributed by atoms with Gasteiger partial charge >= 0.3 is 5.97 Å². The Morgan fingerprint density at radius 2 is 1.44 bits per heavy atom. The van der Waals surface area contributed by atoms with Crippen LogP contribution in [0.3, 0.4) is 0 Å². The molecule has 0 heterocycles. The molecule has 3 amide bonds. The minimum Gasteiger partial charge on any atom is -0.480 e. The van der Waals surface area contributed by atoms with Crippen molar-refractivity contribution in [1.82, 2.24) is 16.0 Å². The summed E-state index contributed by atoms with van der Waals surface area (Å²) in [6.45, 7) is 8.22. The summed E-state index contributed by atoms with van der Waals surface area (Å²) < 4.78 is 0. The van der Waals surface area contributed by atoms with Crippen LogP contribution in [0.2, 0.25) is 0 Å². The minimum atomic E-state index is -1.14. The lowest BCUT2D eigenvalue weighted by Gasteiger charge is -2.27. The van der Waals surface area contributed by atoms with E-state index in [4.69, 9.17) is 5.73 Å². The first-order chi connectivity index (χ1) is 11.5. The maximum atomic E-state index is 12.5. The quantitative estimate of drug-likeness (QED) is 0.345. The SMILES string of the molecule is CCC(C)C(NC(=O)C(C)NC(=O)CN)C(=O)NC(C(=O)O)C(C)C. The second-order valence-corrected chi connectivity index (χ2v) is 6.43. The normalized spacial score (nSPS) is 15.6. The van der Waals surface area contributed by atoms with E-state index in [-0.39, 0.29) is 18.4 Å². The number of hydrogen-bond acceptors (Lipinski definition) is 5. The molecular weight excluding hydrogens is 328 g/mol. The average molecular weight is 358 g/mol. The number of amides is 3.